The third-order valence-corrected chi connectivity index (χ3v) is 4.41. The molecule has 0 aliphatic heterocycles. The molecule has 3 rings (SSSR count). The fourth-order valence-corrected chi connectivity index (χ4v) is 3.01. The van der Waals surface area contributed by atoms with Crippen molar-refractivity contribution in [1.29, 1.82) is 0 Å². The number of hydrogen-bond acceptors (Lipinski definition) is 4. The number of aromatic nitrogens is 1. The van der Waals surface area contributed by atoms with Crippen LogP contribution in [0.2, 0.25) is 0 Å². The number of carboxylic acids is 1. The monoisotopic (exact) mass is 352 g/mol. The first-order chi connectivity index (χ1) is 12.5. The van der Waals surface area contributed by atoms with Crippen molar-refractivity contribution in [2.75, 3.05) is 6.54 Å². The number of amides is 1. The molecule has 26 heavy (non-hydrogen) atoms. The van der Waals surface area contributed by atoms with E-state index in [2.05, 4.69) is 10.5 Å². The average molecular weight is 352 g/mol. The maximum Gasteiger partial charge on any atom is 0.308 e. The van der Waals surface area contributed by atoms with Crippen LogP contribution >= 0.6 is 0 Å². The Labute approximate surface area is 150 Å². The first-order valence-corrected chi connectivity index (χ1v) is 8.37. The predicted molar refractivity (Wildman–Crippen MR) is 97.1 cm³/mol. The molecule has 0 aliphatic rings. The summed E-state index contributed by atoms with van der Waals surface area (Å²) in [6.45, 7) is 3.36. The summed E-state index contributed by atoms with van der Waals surface area (Å²) < 4.78 is 4.98. The Kier molecular flexibility index (Phi) is 5.02. The number of carbonyl (C=O) groups excluding carboxylic acids is 1. The normalized spacial score (nSPS) is 12.1. The second-order valence-corrected chi connectivity index (χ2v) is 6.33. The summed E-state index contributed by atoms with van der Waals surface area (Å²) in [6.07, 6.45) is 0.335. The average Bonchev–Trinajstić information content (AvgIpc) is 2.96. The van der Waals surface area contributed by atoms with Gasteiger partial charge >= 0.3 is 5.97 Å². The Morgan fingerprint density at radius 3 is 2.54 bits per heavy atom. The van der Waals surface area contributed by atoms with Crippen molar-refractivity contribution < 1.29 is 19.2 Å². The van der Waals surface area contributed by atoms with Crippen LogP contribution in [0, 0.1) is 19.8 Å². The van der Waals surface area contributed by atoms with Gasteiger partial charge in [-0.3, -0.25) is 9.59 Å². The number of aryl methyl sites for hydroxylation is 2. The Hall–Kier alpha value is -3.15. The highest BCUT2D eigenvalue weighted by atomic mass is 16.5. The Bertz CT molecular complexity index is 942. The van der Waals surface area contributed by atoms with Gasteiger partial charge in [0, 0.05) is 6.54 Å². The number of nitrogens with zero attached hydrogens (tertiary/aromatic N) is 1. The molecule has 0 radical (unpaired) electrons. The van der Waals surface area contributed by atoms with E-state index in [4.69, 9.17) is 4.52 Å². The van der Waals surface area contributed by atoms with Gasteiger partial charge < -0.3 is 14.9 Å². The van der Waals surface area contributed by atoms with E-state index < -0.39 is 11.9 Å². The first kappa shape index (κ1) is 17.7. The van der Waals surface area contributed by atoms with Crippen molar-refractivity contribution in [3.05, 3.63) is 65.0 Å². The van der Waals surface area contributed by atoms with Crippen LogP contribution in [0.4, 0.5) is 0 Å². The van der Waals surface area contributed by atoms with Crippen molar-refractivity contribution in [3.8, 4) is 0 Å². The number of aliphatic carboxylic acids is 1. The van der Waals surface area contributed by atoms with E-state index in [0.717, 1.165) is 16.3 Å². The molecule has 0 spiro atoms. The molecule has 2 N–H and O–H groups in total. The van der Waals surface area contributed by atoms with E-state index in [1.165, 1.54) is 0 Å². The van der Waals surface area contributed by atoms with E-state index in [-0.39, 0.29) is 12.5 Å². The van der Waals surface area contributed by atoms with Crippen LogP contribution in [0.5, 0.6) is 0 Å². The zero-order valence-electron chi connectivity index (χ0n) is 14.7. The molecular formula is C20H20N2O4. The van der Waals surface area contributed by atoms with Gasteiger partial charge in [0.25, 0.3) is 5.91 Å². The molecule has 1 amide bonds. The van der Waals surface area contributed by atoms with Gasteiger partial charge in [0.2, 0.25) is 0 Å². The van der Waals surface area contributed by atoms with Crippen LogP contribution in [-0.4, -0.2) is 28.7 Å². The summed E-state index contributed by atoms with van der Waals surface area (Å²) in [4.78, 5) is 23.9. The molecule has 1 unspecified atom stereocenters. The van der Waals surface area contributed by atoms with E-state index in [0.29, 0.717) is 23.4 Å². The van der Waals surface area contributed by atoms with Crippen LogP contribution in [0.3, 0.4) is 0 Å². The van der Waals surface area contributed by atoms with Gasteiger partial charge in [-0.15, -0.1) is 0 Å². The highest BCUT2D eigenvalue weighted by molar-refractivity contribution is 5.96. The number of fused-ring (bicyclic) bond motifs is 1. The lowest BCUT2D eigenvalue weighted by molar-refractivity contribution is -0.141. The highest BCUT2D eigenvalue weighted by Crippen LogP contribution is 2.18. The van der Waals surface area contributed by atoms with Gasteiger partial charge in [-0.05, 0) is 36.6 Å². The van der Waals surface area contributed by atoms with E-state index in [1.807, 2.05) is 42.5 Å². The van der Waals surface area contributed by atoms with Gasteiger partial charge in [-0.2, -0.15) is 0 Å². The molecule has 6 heteroatoms. The minimum atomic E-state index is -0.947. The van der Waals surface area contributed by atoms with Gasteiger partial charge in [-0.1, -0.05) is 47.6 Å². The fraction of sp³-hybridized carbons (Fsp3) is 0.250. The number of benzene rings is 2. The maximum atomic E-state index is 12.3. The minimum Gasteiger partial charge on any atom is -0.481 e. The van der Waals surface area contributed by atoms with Gasteiger partial charge in [-0.25, -0.2) is 0 Å². The zero-order valence-corrected chi connectivity index (χ0v) is 14.7. The molecule has 0 fully saturated rings. The molecule has 3 aromatic rings. The third kappa shape index (κ3) is 3.74. The number of nitrogens with one attached hydrogen (secondary N) is 1. The minimum absolute atomic E-state index is 0.0328. The number of rotatable bonds is 6. The largest absolute Gasteiger partial charge is 0.481 e. The molecule has 134 valence electrons. The quantitative estimate of drug-likeness (QED) is 0.711. The van der Waals surface area contributed by atoms with Gasteiger partial charge in [0.1, 0.15) is 11.3 Å². The number of carbonyl (C=O) groups is 2. The topological polar surface area (TPSA) is 92.4 Å². The maximum absolute atomic E-state index is 12.3. The Balaban J connectivity index is 1.71. The molecule has 1 atom stereocenters. The summed E-state index contributed by atoms with van der Waals surface area (Å²) >= 11 is 0. The molecule has 1 aromatic heterocycles. The predicted octanol–water partition coefficient (Wildman–Crippen LogP) is 3.12. The highest BCUT2D eigenvalue weighted by Gasteiger charge is 2.22. The van der Waals surface area contributed by atoms with E-state index >= 15 is 0 Å². The second kappa shape index (κ2) is 7.39. The van der Waals surface area contributed by atoms with Crippen LogP contribution in [0.15, 0.2) is 47.0 Å². The lowest BCUT2D eigenvalue weighted by Crippen LogP contribution is -2.34. The van der Waals surface area contributed by atoms with Crippen molar-refractivity contribution in [2.24, 2.45) is 5.92 Å². The Morgan fingerprint density at radius 1 is 1.15 bits per heavy atom. The molecule has 0 saturated heterocycles. The molecule has 2 aromatic carbocycles. The van der Waals surface area contributed by atoms with Crippen molar-refractivity contribution >= 4 is 22.6 Å². The second-order valence-electron chi connectivity index (χ2n) is 6.33. The van der Waals surface area contributed by atoms with Crippen LogP contribution in [0.25, 0.3) is 10.8 Å². The molecule has 6 nitrogen and oxygen atoms in total. The third-order valence-electron chi connectivity index (χ3n) is 4.41. The van der Waals surface area contributed by atoms with Crippen molar-refractivity contribution in [1.82, 2.24) is 10.5 Å². The smallest absolute Gasteiger partial charge is 0.308 e. The molecule has 0 saturated carbocycles. The van der Waals surface area contributed by atoms with E-state index in [1.54, 1.807) is 13.8 Å². The van der Waals surface area contributed by atoms with Crippen LogP contribution < -0.4 is 5.32 Å². The lowest BCUT2D eigenvalue weighted by atomic mass is 9.97. The summed E-state index contributed by atoms with van der Waals surface area (Å²) in [7, 11) is 0. The molecule has 0 aliphatic carbocycles. The summed E-state index contributed by atoms with van der Waals surface area (Å²) in [6, 6.07) is 13.8. The number of carboxylic acid groups (broad SMARTS) is 1. The summed E-state index contributed by atoms with van der Waals surface area (Å²) in [5, 5.41) is 18.1. The molecular weight excluding hydrogens is 332 g/mol. The first-order valence-electron chi connectivity index (χ1n) is 8.37. The summed E-state index contributed by atoms with van der Waals surface area (Å²) in [5.74, 6) is -1.62. The van der Waals surface area contributed by atoms with Crippen molar-refractivity contribution in [3.63, 3.8) is 0 Å². The summed E-state index contributed by atoms with van der Waals surface area (Å²) in [5.41, 5.74) is 1.77. The van der Waals surface area contributed by atoms with Crippen LogP contribution in [-0.2, 0) is 11.2 Å². The van der Waals surface area contributed by atoms with Gasteiger partial charge in [0.15, 0.2) is 0 Å². The standard InChI is InChI=1S/C20H20N2O4/c1-12-18(13(2)26-22-12)19(23)21-11-17(20(24)25)10-14-7-8-15-5-3-4-6-16(15)9-14/h3-9,17H,10-11H2,1-2H3,(H,21,23)(H,24,25). The van der Waals surface area contributed by atoms with Crippen LogP contribution in [0.1, 0.15) is 27.4 Å². The van der Waals surface area contributed by atoms with Gasteiger partial charge in [0.05, 0.1) is 11.6 Å². The van der Waals surface area contributed by atoms with Crippen molar-refractivity contribution in [2.45, 2.75) is 20.3 Å². The number of hydrogen-bond donors (Lipinski definition) is 2. The SMILES string of the molecule is Cc1noc(C)c1C(=O)NCC(Cc1ccc2ccccc2c1)C(=O)O. The zero-order chi connectivity index (χ0) is 18.7. The van der Waals surface area contributed by atoms with E-state index in [9.17, 15) is 14.7 Å². The molecule has 0 bridgehead atoms. The Morgan fingerprint density at radius 2 is 1.88 bits per heavy atom. The molecule has 1 heterocycles. The fourth-order valence-electron chi connectivity index (χ4n) is 3.01. The lowest BCUT2D eigenvalue weighted by Gasteiger charge is -2.14.